The van der Waals surface area contributed by atoms with Crippen LogP contribution in [0.25, 0.3) is 11.1 Å². The molecule has 3 aromatic rings. The molecule has 0 amide bonds. The van der Waals surface area contributed by atoms with E-state index in [-0.39, 0.29) is 0 Å². The van der Waals surface area contributed by atoms with Gasteiger partial charge in [0.25, 0.3) is 0 Å². The van der Waals surface area contributed by atoms with Gasteiger partial charge in [0.1, 0.15) is 5.82 Å². The van der Waals surface area contributed by atoms with Crippen molar-refractivity contribution in [2.45, 2.75) is 12.7 Å². The molecule has 0 aliphatic rings. The number of hydrogen-bond donors (Lipinski definition) is 1. The van der Waals surface area contributed by atoms with Crippen LogP contribution < -0.4 is 10.2 Å². The summed E-state index contributed by atoms with van der Waals surface area (Å²) in [5.74, 6) is 0.467. The van der Waals surface area contributed by atoms with Crippen LogP contribution in [-0.4, -0.2) is 24.1 Å². The van der Waals surface area contributed by atoms with E-state index in [9.17, 15) is 13.2 Å². The Labute approximate surface area is 163 Å². The van der Waals surface area contributed by atoms with Gasteiger partial charge in [-0.25, -0.2) is 9.97 Å². The molecule has 0 saturated heterocycles. The van der Waals surface area contributed by atoms with Gasteiger partial charge >= 0.3 is 6.18 Å². The molecule has 0 aliphatic heterocycles. The van der Waals surface area contributed by atoms with Gasteiger partial charge in [-0.15, -0.1) is 11.3 Å². The zero-order valence-electron chi connectivity index (χ0n) is 14.5. The molecule has 2 aromatic heterocycles. The molecule has 0 bridgehead atoms. The Bertz CT molecular complexity index is 940. The molecule has 9 heteroatoms. The van der Waals surface area contributed by atoms with Crippen molar-refractivity contribution in [1.29, 1.82) is 0 Å². The molecule has 2 heterocycles. The molecule has 4 nitrogen and oxygen atoms in total. The van der Waals surface area contributed by atoms with E-state index in [0.29, 0.717) is 28.0 Å². The summed E-state index contributed by atoms with van der Waals surface area (Å²) in [7, 11) is 3.49. The number of aromatic nitrogens is 2. The number of rotatable bonds is 5. The minimum Gasteiger partial charge on any atom is -0.380 e. The predicted molar refractivity (Wildman–Crippen MR) is 103 cm³/mol. The maximum atomic E-state index is 13.1. The number of nitrogens with zero attached hydrogens (tertiary/aromatic N) is 3. The second-order valence-electron chi connectivity index (χ2n) is 6.00. The zero-order chi connectivity index (χ0) is 19.6. The van der Waals surface area contributed by atoms with Crippen molar-refractivity contribution in [3.05, 3.63) is 57.6 Å². The summed E-state index contributed by atoms with van der Waals surface area (Å²) in [6, 6.07) is 8.33. The Kier molecular flexibility index (Phi) is 5.57. The normalized spacial score (nSPS) is 11.5. The maximum Gasteiger partial charge on any atom is 0.417 e. The van der Waals surface area contributed by atoms with Crippen molar-refractivity contribution >= 4 is 34.4 Å². The van der Waals surface area contributed by atoms with Crippen LogP contribution in [0.3, 0.4) is 0 Å². The van der Waals surface area contributed by atoms with Gasteiger partial charge in [-0.2, -0.15) is 13.2 Å². The minimum atomic E-state index is -4.45. The molecule has 0 fully saturated rings. The molecular formula is C18H16ClF3N4S. The number of alkyl halides is 3. The van der Waals surface area contributed by atoms with E-state index < -0.39 is 11.7 Å². The molecule has 1 aromatic carbocycles. The third kappa shape index (κ3) is 4.70. The van der Waals surface area contributed by atoms with E-state index in [1.165, 1.54) is 11.3 Å². The Hall–Kier alpha value is -2.32. The molecule has 1 N–H and O–H groups in total. The molecule has 0 aliphatic carbocycles. The highest BCUT2D eigenvalue weighted by molar-refractivity contribution is 7.15. The lowest BCUT2D eigenvalue weighted by Gasteiger charge is -2.18. The highest BCUT2D eigenvalue weighted by Crippen LogP contribution is 2.36. The fourth-order valence-electron chi connectivity index (χ4n) is 2.53. The highest BCUT2D eigenvalue weighted by atomic mass is 35.5. The number of hydrogen-bond acceptors (Lipinski definition) is 5. The lowest BCUT2D eigenvalue weighted by molar-refractivity contribution is -0.137. The average Bonchev–Trinajstić information content (AvgIpc) is 3.04. The first-order valence-electron chi connectivity index (χ1n) is 7.93. The van der Waals surface area contributed by atoms with E-state index in [1.807, 2.05) is 6.07 Å². The second-order valence-corrected chi connectivity index (χ2v) is 7.70. The largest absolute Gasteiger partial charge is 0.417 e. The number of benzene rings is 1. The summed E-state index contributed by atoms with van der Waals surface area (Å²) in [5, 5.41) is 3.23. The van der Waals surface area contributed by atoms with E-state index >= 15 is 0 Å². The smallest absolute Gasteiger partial charge is 0.380 e. The van der Waals surface area contributed by atoms with Crippen molar-refractivity contribution in [3.8, 4) is 11.1 Å². The summed E-state index contributed by atoms with van der Waals surface area (Å²) < 4.78 is 39.8. The first-order chi connectivity index (χ1) is 12.7. The first kappa shape index (κ1) is 19.4. The van der Waals surface area contributed by atoms with Gasteiger partial charge in [0.2, 0.25) is 0 Å². The van der Waals surface area contributed by atoms with E-state index in [0.717, 1.165) is 22.8 Å². The number of halogens is 4. The summed E-state index contributed by atoms with van der Waals surface area (Å²) in [4.78, 5) is 10.6. The van der Waals surface area contributed by atoms with Crippen LogP contribution in [0.1, 0.15) is 10.4 Å². The molecule has 0 atom stereocenters. The minimum absolute atomic E-state index is 0.416. The number of thiazole rings is 1. The van der Waals surface area contributed by atoms with E-state index in [4.69, 9.17) is 11.6 Å². The van der Waals surface area contributed by atoms with Crippen molar-refractivity contribution in [1.82, 2.24) is 9.97 Å². The molecule has 27 heavy (non-hydrogen) atoms. The summed E-state index contributed by atoms with van der Waals surface area (Å²) in [5.41, 5.74) is 1.06. The van der Waals surface area contributed by atoms with Crippen LogP contribution in [-0.2, 0) is 12.7 Å². The Morgan fingerprint density at radius 3 is 2.56 bits per heavy atom. The first-order valence-corrected chi connectivity index (χ1v) is 9.12. The average molecular weight is 413 g/mol. The third-order valence-corrected chi connectivity index (χ3v) is 4.90. The van der Waals surface area contributed by atoms with Crippen LogP contribution in [0.2, 0.25) is 4.47 Å². The summed E-state index contributed by atoms with van der Waals surface area (Å²) in [6.07, 6.45) is -1.91. The number of anilines is 2. The molecule has 0 spiro atoms. The summed E-state index contributed by atoms with van der Waals surface area (Å²) in [6.45, 7) is 0.523. The van der Waals surface area contributed by atoms with Crippen molar-refractivity contribution in [2.75, 3.05) is 24.3 Å². The predicted octanol–water partition coefficient (Wildman–Crippen LogP) is 5.56. The fourth-order valence-corrected chi connectivity index (χ4v) is 3.45. The maximum absolute atomic E-state index is 13.1. The molecule has 3 rings (SSSR count). The Morgan fingerprint density at radius 2 is 1.93 bits per heavy atom. The van der Waals surface area contributed by atoms with Crippen LogP contribution in [0.5, 0.6) is 0 Å². The SMILES string of the molecule is CN(C)c1ncc(C(F)(F)F)cc1-c1cccc(NCc2cnc(Cl)s2)c1. The monoisotopic (exact) mass is 412 g/mol. The van der Waals surface area contributed by atoms with Gasteiger partial charge in [0.15, 0.2) is 4.47 Å². The zero-order valence-corrected chi connectivity index (χ0v) is 16.1. The van der Waals surface area contributed by atoms with Crippen molar-refractivity contribution in [2.24, 2.45) is 0 Å². The second kappa shape index (κ2) is 7.74. The van der Waals surface area contributed by atoms with Crippen LogP contribution in [0.4, 0.5) is 24.7 Å². The number of nitrogens with one attached hydrogen (secondary N) is 1. The van der Waals surface area contributed by atoms with Gasteiger partial charge in [0.05, 0.1) is 12.1 Å². The number of pyridine rings is 1. The van der Waals surface area contributed by atoms with Gasteiger partial charge in [-0.05, 0) is 23.8 Å². The van der Waals surface area contributed by atoms with Crippen LogP contribution in [0.15, 0.2) is 42.7 Å². The van der Waals surface area contributed by atoms with Crippen molar-refractivity contribution < 1.29 is 13.2 Å². The van der Waals surface area contributed by atoms with Crippen LogP contribution >= 0.6 is 22.9 Å². The Morgan fingerprint density at radius 1 is 1.15 bits per heavy atom. The molecular weight excluding hydrogens is 397 g/mol. The standard InChI is InChI=1S/C18H16ClF3N4S/c1-26(2)16-15(7-12(8-24-16)18(20,21)22)11-4-3-5-13(6-11)23-9-14-10-25-17(19)27-14/h3-8,10,23H,9H2,1-2H3. The van der Waals surface area contributed by atoms with Crippen LogP contribution in [0, 0.1) is 0 Å². The van der Waals surface area contributed by atoms with Gasteiger partial charge < -0.3 is 10.2 Å². The van der Waals surface area contributed by atoms with Gasteiger partial charge in [0, 0.05) is 42.6 Å². The molecule has 142 valence electrons. The highest BCUT2D eigenvalue weighted by Gasteiger charge is 2.32. The molecule has 0 unspecified atom stereocenters. The lowest BCUT2D eigenvalue weighted by Crippen LogP contribution is -2.14. The molecule has 0 saturated carbocycles. The topological polar surface area (TPSA) is 41.1 Å². The lowest BCUT2D eigenvalue weighted by atomic mass is 10.0. The third-order valence-electron chi connectivity index (χ3n) is 3.78. The fraction of sp³-hybridized carbons (Fsp3) is 0.222. The van der Waals surface area contributed by atoms with E-state index in [2.05, 4.69) is 15.3 Å². The quantitative estimate of drug-likeness (QED) is 0.596. The van der Waals surface area contributed by atoms with E-state index in [1.54, 1.807) is 43.4 Å². The summed E-state index contributed by atoms with van der Waals surface area (Å²) >= 11 is 7.19. The van der Waals surface area contributed by atoms with Gasteiger partial charge in [-0.1, -0.05) is 23.7 Å². The van der Waals surface area contributed by atoms with Crippen molar-refractivity contribution in [3.63, 3.8) is 0 Å². The van der Waals surface area contributed by atoms with Gasteiger partial charge in [-0.3, -0.25) is 0 Å². The Balaban J connectivity index is 1.93. The molecule has 0 radical (unpaired) electrons.